The van der Waals surface area contributed by atoms with Crippen molar-refractivity contribution in [2.24, 2.45) is 0 Å². The van der Waals surface area contributed by atoms with Crippen LogP contribution in [-0.2, 0) is 9.84 Å². The Labute approximate surface area is 79.3 Å². The molecule has 1 rings (SSSR count). The summed E-state index contributed by atoms with van der Waals surface area (Å²) < 4.78 is 22.1. The third-order valence-electron chi connectivity index (χ3n) is 2.06. The Morgan fingerprint density at radius 3 is 2.54 bits per heavy atom. The van der Waals surface area contributed by atoms with Crippen molar-refractivity contribution in [1.29, 1.82) is 0 Å². The van der Waals surface area contributed by atoms with Gasteiger partial charge in [-0.3, -0.25) is 0 Å². The van der Waals surface area contributed by atoms with Gasteiger partial charge in [0.05, 0.1) is 17.1 Å². The second kappa shape index (κ2) is 3.55. The van der Waals surface area contributed by atoms with Gasteiger partial charge in [0.2, 0.25) is 0 Å². The second-order valence-corrected chi connectivity index (χ2v) is 6.52. The van der Waals surface area contributed by atoms with Crippen LogP contribution in [0.1, 0.15) is 20.3 Å². The number of rotatable bonds is 3. The van der Waals surface area contributed by atoms with Crippen LogP contribution in [0.4, 0.5) is 0 Å². The fourth-order valence-electron chi connectivity index (χ4n) is 1.35. The molecule has 1 aliphatic rings. The van der Waals surface area contributed by atoms with Crippen LogP contribution in [0.5, 0.6) is 0 Å². The minimum Gasteiger partial charge on any atom is -0.389 e. The first kappa shape index (κ1) is 10.9. The Morgan fingerprint density at radius 1 is 1.54 bits per heavy atom. The van der Waals surface area contributed by atoms with E-state index in [1.165, 1.54) is 0 Å². The molecule has 1 fully saturated rings. The van der Waals surface area contributed by atoms with Crippen LogP contribution in [0.3, 0.4) is 0 Å². The maximum absolute atomic E-state index is 11.1. The molecule has 1 saturated heterocycles. The Balaban J connectivity index is 2.34. The van der Waals surface area contributed by atoms with Crippen LogP contribution in [0.25, 0.3) is 0 Å². The third-order valence-corrected chi connectivity index (χ3v) is 3.82. The van der Waals surface area contributed by atoms with Gasteiger partial charge in [-0.1, -0.05) is 0 Å². The molecule has 0 radical (unpaired) electrons. The van der Waals surface area contributed by atoms with Crippen LogP contribution in [0, 0.1) is 0 Å². The van der Waals surface area contributed by atoms with Crippen molar-refractivity contribution >= 4 is 9.84 Å². The van der Waals surface area contributed by atoms with Crippen molar-refractivity contribution < 1.29 is 13.5 Å². The molecule has 1 heterocycles. The van der Waals surface area contributed by atoms with Crippen LogP contribution < -0.4 is 5.32 Å². The molecule has 0 aromatic carbocycles. The molecule has 2 N–H and O–H groups in total. The van der Waals surface area contributed by atoms with Gasteiger partial charge < -0.3 is 10.4 Å². The van der Waals surface area contributed by atoms with Crippen LogP contribution >= 0.6 is 0 Å². The van der Waals surface area contributed by atoms with E-state index in [9.17, 15) is 13.5 Å². The first-order valence-corrected chi connectivity index (χ1v) is 6.27. The Morgan fingerprint density at radius 2 is 2.15 bits per heavy atom. The summed E-state index contributed by atoms with van der Waals surface area (Å²) in [5.74, 6) is 0.486. The zero-order valence-corrected chi connectivity index (χ0v) is 8.89. The Hall–Kier alpha value is -0.130. The van der Waals surface area contributed by atoms with Gasteiger partial charge in [-0.05, 0) is 20.3 Å². The third kappa shape index (κ3) is 4.06. The maximum atomic E-state index is 11.1. The van der Waals surface area contributed by atoms with Crippen molar-refractivity contribution in [2.45, 2.75) is 31.9 Å². The molecule has 0 saturated carbocycles. The molecule has 0 aliphatic carbocycles. The van der Waals surface area contributed by atoms with E-state index in [-0.39, 0.29) is 17.5 Å². The lowest BCUT2D eigenvalue weighted by Crippen LogP contribution is -2.41. The largest absolute Gasteiger partial charge is 0.389 e. The molecule has 1 aliphatic heterocycles. The lowest BCUT2D eigenvalue weighted by Gasteiger charge is -2.20. The van der Waals surface area contributed by atoms with Gasteiger partial charge in [0.15, 0.2) is 9.84 Å². The van der Waals surface area contributed by atoms with Crippen molar-refractivity contribution in [3.63, 3.8) is 0 Å². The highest BCUT2D eigenvalue weighted by atomic mass is 32.2. The highest BCUT2D eigenvalue weighted by Crippen LogP contribution is 2.11. The average molecular weight is 207 g/mol. The molecular weight excluding hydrogens is 190 g/mol. The lowest BCUT2D eigenvalue weighted by molar-refractivity contribution is 0.0773. The standard InChI is InChI=1S/C8H17NO3S/c1-8(2,10)6-9-7-3-4-13(11,12)5-7/h7,9-10H,3-6H2,1-2H3. The monoisotopic (exact) mass is 207 g/mol. The van der Waals surface area contributed by atoms with E-state index < -0.39 is 15.4 Å². The number of hydrogen-bond acceptors (Lipinski definition) is 4. The summed E-state index contributed by atoms with van der Waals surface area (Å²) in [6.07, 6.45) is 0.665. The minimum atomic E-state index is -2.81. The fourth-order valence-corrected chi connectivity index (χ4v) is 3.06. The first-order chi connectivity index (χ1) is 5.79. The normalized spacial score (nSPS) is 27.8. The first-order valence-electron chi connectivity index (χ1n) is 4.45. The summed E-state index contributed by atoms with van der Waals surface area (Å²) in [5.41, 5.74) is -0.771. The highest BCUT2D eigenvalue weighted by Gasteiger charge is 2.28. The molecule has 0 spiro atoms. The number of sulfone groups is 1. The van der Waals surface area contributed by atoms with Gasteiger partial charge in [-0.25, -0.2) is 8.42 Å². The molecule has 0 aromatic rings. The van der Waals surface area contributed by atoms with Gasteiger partial charge >= 0.3 is 0 Å². The summed E-state index contributed by atoms with van der Waals surface area (Å²) in [6, 6.07) is 0.0245. The predicted octanol–water partition coefficient (Wildman–Crippen LogP) is -0.466. The zero-order chi connectivity index (χ0) is 10.1. The quantitative estimate of drug-likeness (QED) is 0.657. The van der Waals surface area contributed by atoms with E-state index in [0.717, 1.165) is 0 Å². The summed E-state index contributed by atoms with van der Waals surface area (Å²) in [5, 5.41) is 12.4. The fraction of sp³-hybridized carbons (Fsp3) is 1.00. The molecule has 0 amide bonds. The van der Waals surface area contributed by atoms with Gasteiger partial charge in [0.25, 0.3) is 0 Å². The van der Waals surface area contributed by atoms with Gasteiger partial charge in [-0.2, -0.15) is 0 Å². The van der Waals surface area contributed by atoms with E-state index in [0.29, 0.717) is 13.0 Å². The van der Waals surface area contributed by atoms with E-state index in [4.69, 9.17) is 0 Å². The molecule has 78 valence electrons. The van der Waals surface area contributed by atoms with E-state index in [1.807, 2.05) is 0 Å². The molecule has 0 bridgehead atoms. The van der Waals surface area contributed by atoms with Crippen molar-refractivity contribution in [3.05, 3.63) is 0 Å². The summed E-state index contributed by atoms with van der Waals surface area (Å²) >= 11 is 0. The van der Waals surface area contributed by atoms with Crippen LogP contribution in [0.15, 0.2) is 0 Å². The molecule has 13 heavy (non-hydrogen) atoms. The smallest absolute Gasteiger partial charge is 0.151 e. The van der Waals surface area contributed by atoms with Gasteiger partial charge in [-0.15, -0.1) is 0 Å². The molecule has 5 heteroatoms. The zero-order valence-electron chi connectivity index (χ0n) is 8.08. The predicted molar refractivity (Wildman–Crippen MR) is 51.4 cm³/mol. The summed E-state index contributed by atoms with van der Waals surface area (Å²) in [7, 11) is -2.81. The number of hydrogen-bond donors (Lipinski definition) is 2. The topological polar surface area (TPSA) is 66.4 Å². The van der Waals surface area contributed by atoms with Crippen LogP contribution in [-0.4, -0.2) is 43.2 Å². The molecule has 4 nitrogen and oxygen atoms in total. The van der Waals surface area contributed by atoms with E-state index in [1.54, 1.807) is 13.8 Å². The van der Waals surface area contributed by atoms with E-state index >= 15 is 0 Å². The SMILES string of the molecule is CC(C)(O)CNC1CCS(=O)(=O)C1. The molecule has 1 atom stereocenters. The van der Waals surface area contributed by atoms with Gasteiger partial charge in [0, 0.05) is 12.6 Å². The Kier molecular flexibility index (Phi) is 2.99. The lowest BCUT2D eigenvalue weighted by atomic mass is 10.1. The van der Waals surface area contributed by atoms with Gasteiger partial charge in [0.1, 0.15) is 0 Å². The summed E-state index contributed by atoms with van der Waals surface area (Å²) in [4.78, 5) is 0. The second-order valence-electron chi connectivity index (χ2n) is 4.29. The van der Waals surface area contributed by atoms with Crippen molar-refractivity contribution in [2.75, 3.05) is 18.1 Å². The maximum Gasteiger partial charge on any atom is 0.151 e. The number of nitrogens with one attached hydrogen (secondary N) is 1. The minimum absolute atomic E-state index is 0.0245. The number of aliphatic hydroxyl groups is 1. The average Bonchev–Trinajstić information content (AvgIpc) is 2.24. The highest BCUT2D eigenvalue weighted by molar-refractivity contribution is 7.91. The molecule has 1 unspecified atom stereocenters. The van der Waals surface area contributed by atoms with Crippen molar-refractivity contribution in [3.8, 4) is 0 Å². The molecule has 0 aromatic heterocycles. The molecular formula is C8H17NO3S. The Bertz CT molecular complexity index is 266. The summed E-state index contributed by atoms with van der Waals surface area (Å²) in [6.45, 7) is 3.83. The van der Waals surface area contributed by atoms with Crippen LogP contribution in [0.2, 0.25) is 0 Å². The van der Waals surface area contributed by atoms with Crippen molar-refractivity contribution in [1.82, 2.24) is 5.32 Å². The van der Waals surface area contributed by atoms with E-state index in [2.05, 4.69) is 5.32 Å².